The van der Waals surface area contributed by atoms with Gasteiger partial charge in [0.2, 0.25) is 11.8 Å². The van der Waals surface area contributed by atoms with Gasteiger partial charge in [-0.3, -0.25) is 24.6 Å². The second-order valence-corrected chi connectivity index (χ2v) is 8.85. The van der Waals surface area contributed by atoms with Crippen molar-refractivity contribution in [2.24, 2.45) is 11.8 Å². The number of anilines is 1. The highest BCUT2D eigenvalue weighted by Gasteiger charge is 2.71. The van der Waals surface area contributed by atoms with Crippen molar-refractivity contribution < 1.29 is 14.4 Å². The van der Waals surface area contributed by atoms with Crippen LogP contribution in [0.25, 0.3) is 0 Å². The van der Waals surface area contributed by atoms with E-state index in [1.165, 1.54) is 4.90 Å². The minimum atomic E-state index is -1.14. The molecule has 144 valence electrons. The molecule has 4 rings (SSSR count). The second-order valence-electron chi connectivity index (χ2n) is 7.87. The summed E-state index contributed by atoms with van der Waals surface area (Å²) in [6.07, 6.45) is 2.77. The van der Waals surface area contributed by atoms with Crippen molar-refractivity contribution in [2.45, 2.75) is 37.9 Å². The first-order chi connectivity index (χ1) is 12.9. The van der Waals surface area contributed by atoms with E-state index in [1.807, 2.05) is 44.4 Å². The minimum Gasteiger partial charge on any atom is -0.313 e. The Morgan fingerprint density at radius 1 is 1.19 bits per heavy atom. The minimum absolute atomic E-state index is 0.142. The van der Waals surface area contributed by atoms with Gasteiger partial charge in [-0.05, 0) is 38.3 Å². The Labute approximate surface area is 163 Å². The zero-order valence-corrected chi connectivity index (χ0v) is 16.9. The number of benzene rings is 1. The summed E-state index contributed by atoms with van der Waals surface area (Å²) in [4.78, 5) is 43.0. The van der Waals surface area contributed by atoms with Crippen LogP contribution >= 0.6 is 11.8 Å². The van der Waals surface area contributed by atoms with Crippen LogP contribution in [0.15, 0.2) is 24.3 Å². The first kappa shape index (κ1) is 18.5. The molecule has 1 aromatic carbocycles. The van der Waals surface area contributed by atoms with E-state index in [9.17, 15) is 14.4 Å². The summed E-state index contributed by atoms with van der Waals surface area (Å²) in [6, 6.07) is 7.19. The van der Waals surface area contributed by atoms with Gasteiger partial charge in [0.1, 0.15) is 5.54 Å². The molecule has 3 amide bonds. The van der Waals surface area contributed by atoms with Gasteiger partial charge in [-0.2, -0.15) is 11.8 Å². The van der Waals surface area contributed by atoms with Crippen molar-refractivity contribution in [1.82, 2.24) is 10.2 Å². The third-order valence-electron chi connectivity index (χ3n) is 6.18. The maximum Gasteiger partial charge on any atom is 0.252 e. The number of carbonyl (C=O) groups is 3. The second kappa shape index (κ2) is 6.34. The molecule has 0 radical (unpaired) electrons. The standard InChI is InChI=1S/C20H25N3O3S/c1-11(2)23-17(24)15-13(9-10-27-4)21-20(16(15)18(23)25)12-7-5-6-8-14(12)22(3)19(20)26/h5-8,11,13,15-16,21H,9-10H2,1-4H3/t13-,15+,16+,20-/m1/s1. The Balaban J connectivity index is 1.88. The van der Waals surface area contributed by atoms with Gasteiger partial charge in [0.25, 0.3) is 5.91 Å². The molecule has 3 aliphatic heterocycles. The third-order valence-corrected chi connectivity index (χ3v) is 6.82. The summed E-state index contributed by atoms with van der Waals surface area (Å²) in [7, 11) is 1.74. The number of imide groups is 1. The lowest BCUT2D eigenvalue weighted by atomic mass is 9.76. The van der Waals surface area contributed by atoms with E-state index in [2.05, 4.69) is 5.32 Å². The van der Waals surface area contributed by atoms with Crippen molar-refractivity contribution in [3.63, 3.8) is 0 Å². The van der Waals surface area contributed by atoms with Crippen molar-refractivity contribution in [3.05, 3.63) is 29.8 Å². The van der Waals surface area contributed by atoms with Crippen LogP contribution in [0.2, 0.25) is 0 Å². The van der Waals surface area contributed by atoms with Gasteiger partial charge in [-0.15, -0.1) is 0 Å². The molecular weight excluding hydrogens is 362 g/mol. The van der Waals surface area contributed by atoms with Crippen molar-refractivity contribution in [1.29, 1.82) is 0 Å². The molecule has 7 heteroatoms. The molecule has 27 heavy (non-hydrogen) atoms. The van der Waals surface area contributed by atoms with Gasteiger partial charge in [0, 0.05) is 30.4 Å². The number of carbonyl (C=O) groups excluding carboxylic acids is 3. The van der Waals surface area contributed by atoms with E-state index >= 15 is 0 Å². The molecule has 1 spiro atoms. The summed E-state index contributed by atoms with van der Waals surface area (Å²) in [6.45, 7) is 3.70. The van der Waals surface area contributed by atoms with E-state index in [4.69, 9.17) is 0 Å². The largest absolute Gasteiger partial charge is 0.313 e. The summed E-state index contributed by atoms with van der Waals surface area (Å²) < 4.78 is 0. The first-order valence-electron chi connectivity index (χ1n) is 9.37. The lowest BCUT2D eigenvalue weighted by Gasteiger charge is -2.31. The Morgan fingerprint density at radius 3 is 2.56 bits per heavy atom. The number of likely N-dealkylation sites (tertiary alicyclic amines) is 1. The smallest absolute Gasteiger partial charge is 0.252 e. The van der Waals surface area contributed by atoms with Crippen molar-refractivity contribution >= 4 is 35.2 Å². The molecule has 4 atom stereocenters. The normalized spacial score (nSPS) is 32.2. The quantitative estimate of drug-likeness (QED) is 0.795. The number of rotatable bonds is 4. The Bertz CT molecular complexity index is 826. The summed E-state index contributed by atoms with van der Waals surface area (Å²) in [5.74, 6) is -0.815. The number of nitrogens with zero attached hydrogens (tertiary/aromatic N) is 2. The van der Waals surface area contributed by atoms with Crippen LogP contribution in [0.5, 0.6) is 0 Å². The van der Waals surface area contributed by atoms with Crippen LogP contribution < -0.4 is 10.2 Å². The fraction of sp³-hybridized carbons (Fsp3) is 0.550. The molecule has 2 saturated heterocycles. The predicted octanol–water partition coefficient (Wildman–Crippen LogP) is 1.59. The van der Waals surface area contributed by atoms with Gasteiger partial charge in [-0.1, -0.05) is 18.2 Å². The molecule has 1 N–H and O–H groups in total. The highest BCUT2D eigenvalue weighted by molar-refractivity contribution is 7.98. The van der Waals surface area contributed by atoms with E-state index in [0.717, 1.165) is 23.4 Å². The number of nitrogens with one attached hydrogen (secondary N) is 1. The number of likely N-dealkylation sites (N-methyl/N-ethyl adjacent to an activating group) is 1. The molecule has 0 unspecified atom stereocenters. The third kappa shape index (κ3) is 2.27. The summed E-state index contributed by atoms with van der Waals surface area (Å²) >= 11 is 1.70. The monoisotopic (exact) mass is 387 g/mol. The number of thioether (sulfide) groups is 1. The van der Waals surface area contributed by atoms with Crippen molar-refractivity contribution in [3.8, 4) is 0 Å². The van der Waals surface area contributed by atoms with Crippen LogP contribution in [-0.4, -0.2) is 53.8 Å². The molecule has 0 saturated carbocycles. The highest BCUT2D eigenvalue weighted by Crippen LogP contribution is 2.54. The van der Waals surface area contributed by atoms with Crippen LogP contribution in [0.1, 0.15) is 25.8 Å². The van der Waals surface area contributed by atoms with Crippen LogP contribution in [0, 0.1) is 11.8 Å². The van der Waals surface area contributed by atoms with Gasteiger partial charge < -0.3 is 4.90 Å². The average molecular weight is 388 g/mol. The van der Waals surface area contributed by atoms with Gasteiger partial charge >= 0.3 is 0 Å². The Hall–Kier alpha value is -1.86. The van der Waals surface area contributed by atoms with Gasteiger partial charge in [-0.25, -0.2) is 0 Å². The predicted molar refractivity (Wildman–Crippen MR) is 105 cm³/mol. The molecular formula is C20H25N3O3S. The van der Waals surface area contributed by atoms with Crippen LogP contribution in [0.4, 0.5) is 5.69 Å². The van der Waals surface area contributed by atoms with E-state index < -0.39 is 17.4 Å². The van der Waals surface area contributed by atoms with E-state index in [0.29, 0.717) is 0 Å². The highest BCUT2D eigenvalue weighted by atomic mass is 32.2. The molecule has 1 aromatic rings. The van der Waals surface area contributed by atoms with Gasteiger partial charge in [0.05, 0.1) is 11.8 Å². The van der Waals surface area contributed by atoms with E-state index in [-0.39, 0.29) is 29.8 Å². The Morgan fingerprint density at radius 2 is 1.89 bits per heavy atom. The molecule has 0 aliphatic carbocycles. The molecule has 6 nitrogen and oxygen atoms in total. The molecule has 3 aliphatic rings. The maximum absolute atomic E-state index is 13.5. The summed E-state index contributed by atoms with van der Waals surface area (Å²) in [5, 5.41) is 3.49. The molecule has 0 aromatic heterocycles. The first-order valence-corrected chi connectivity index (χ1v) is 10.8. The number of para-hydroxylation sites is 1. The lowest BCUT2D eigenvalue weighted by Crippen LogP contribution is -2.55. The van der Waals surface area contributed by atoms with Crippen LogP contribution in [-0.2, 0) is 19.9 Å². The SMILES string of the molecule is CSCC[C@H]1N[C@@]2(C(=O)N(C)c3ccccc32)[C@@H]2C(=O)N(C(C)C)C(=O)[C@H]21. The molecule has 3 heterocycles. The number of hydrogen-bond donors (Lipinski definition) is 1. The molecule has 0 bridgehead atoms. The molecule has 2 fully saturated rings. The summed E-state index contributed by atoms with van der Waals surface area (Å²) in [5.41, 5.74) is 0.476. The van der Waals surface area contributed by atoms with Crippen LogP contribution in [0.3, 0.4) is 0 Å². The number of hydrogen-bond acceptors (Lipinski definition) is 5. The fourth-order valence-electron chi connectivity index (χ4n) is 5.08. The fourth-order valence-corrected chi connectivity index (χ4v) is 5.57. The Kier molecular flexibility index (Phi) is 4.35. The maximum atomic E-state index is 13.5. The number of amides is 3. The van der Waals surface area contributed by atoms with Crippen molar-refractivity contribution in [2.75, 3.05) is 24.0 Å². The average Bonchev–Trinajstić information content (AvgIpc) is 3.20. The lowest BCUT2D eigenvalue weighted by molar-refractivity contribution is -0.144. The topological polar surface area (TPSA) is 69.7 Å². The van der Waals surface area contributed by atoms with E-state index in [1.54, 1.807) is 23.7 Å². The number of fused-ring (bicyclic) bond motifs is 4. The van der Waals surface area contributed by atoms with Gasteiger partial charge in [0.15, 0.2) is 0 Å². The zero-order valence-electron chi connectivity index (χ0n) is 16.1. The zero-order chi connectivity index (χ0) is 19.5.